The maximum atomic E-state index is 12.6. The third kappa shape index (κ3) is 4.71. The fraction of sp³-hybridized carbons (Fsp3) is 0.556. The molecule has 132 valence electrons. The van der Waals surface area contributed by atoms with Crippen molar-refractivity contribution in [1.29, 1.82) is 0 Å². The molecule has 6 heteroatoms. The number of benzene rings is 1. The summed E-state index contributed by atoms with van der Waals surface area (Å²) in [6, 6.07) is 6.20. The second-order valence-corrected chi connectivity index (χ2v) is 6.61. The van der Waals surface area contributed by atoms with Gasteiger partial charge in [0.15, 0.2) is 0 Å². The minimum Gasteiger partial charge on any atom is -0.497 e. The molecule has 6 nitrogen and oxygen atoms in total. The number of rotatable bonds is 8. The number of carbonyl (C=O) groups excluding carboxylic acids is 2. The first-order valence-corrected chi connectivity index (χ1v) is 8.41. The highest BCUT2D eigenvalue weighted by Gasteiger charge is 2.33. The van der Waals surface area contributed by atoms with Gasteiger partial charge in [0.25, 0.3) is 5.91 Å². The molecule has 2 atom stereocenters. The van der Waals surface area contributed by atoms with E-state index >= 15 is 0 Å². The van der Waals surface area contributed by atoms with Crippen LogP contribution in [0.15, 0.2) is 24.3 Å². The Balaban J connectivity index is 2.00. The van der Waals surface area contributed by atoms with Crippen LogP contribution in [0.25, 0.3) is 0 Å². The monoisotopic (exact) mass is 333 g/mol. The van der Waals surface area contributed by atoms with Crippen molar-refractivity contribution in [2.24, 2.45) is 17.6 Å². The van der Waals surface area contributed by atoms with Crippen LogP contribution in [0, 0.1) is 11.8 Å². The first-order valence-electron chi connectivity index (χ1n) is 8.41. The molecule has 4 N–H and O–H groups in total. The van der Waals surface area contributed by atoms with E-state index in [2.05, 4.69) is 10.6 Å². The Hall–Kier alpha value is -2.08. The van der Waals surface area contributed by atoms with E-state index in [1.54, 1.807) is 31.4 Å². The molecule has 0 radical (unpaired) electrons. The van der Waals surface area contributed by atoms with Gasteiger partial charge in [-0.15, -0.1) is 0 Å². The molecular formula is C18H27N3O3. The Morgan fingerprint density at radius 2 is 1.83 bits per heavy atom. The predicted octanol–water partition coefficient (Wildman–Crippen LogP) is 1.30. The van der Waals surface area contributed by atoms with Crippen LogP contribution in [0.1, 0.15) is 37.0 Å². The highest BCUT2D eigenvalue weighted by molar-refractivity contribution is 5.97. The fourth-order valence-corrected chi connectivity index (χ4v) is 2.64. The molecule has 2 unspecified atom stereocenters. The lowest BCUT2D eigenvalue weighted by Crippen LogP contribution is -2.54. The zero-order valence-corrected chi connectivity index (χ0v) is 14.5. The molecule has 0 heterocycles. The third-order valence-electron chi connectivity index (χ3n) is 4.36. The topological polar surface area (TPSA) is 93.4 Å². The maximum absolute atomic E-state index is 12.6. The molecule has 0 bridgehead atoms. The Bertz CT molecular complexity index is 567. The van der Waals surface area contributed by atoms with E-state index in [0.29, 0.717) is 23.8 Å². The van der Waals surface area contributed by atoms with Crippen molar-refractivity contribution < 1.29 is 14.3 Å². The van der Waals surface area contributed by atoms with Crippen LogP contribution in [0.4, 0.5) is 0 Å². The molecule has 1 aliphatic carbocycles. The van der Waals surface area contributed by atoms with E-state index in [-0.39, 0.29) is 23.8 Å². The summed E-state index contributed by atoms with van der Waals surface area (Å²) in [6.07, 6.45) is 2.21. The van der Waals surface area contributed by atoms with Gasteiger partial charge in [-0.25, -0.2) is 0 Å². The summed E-state index contributed by atoms with van der Waals surface area (Å²) in [5.74, 6) is 0.685. The van der Waals surface area contributed by atoms with Gasteiger partial charge in [-0.1, -0.05) is 13.8 Å². The number of hydrogen-bond donors (Lipinski definition) is 3. The summed E-state index contributed by atoms with van der Waals surface area (Å²) < 4.78 is 5.08. The minimum absolute atomic E-state index is 0.00311. The lowest BCUT2D eigenvalue weighted by atomic mass is 10.0. The van der Waals surface area contributed by atoms with E-state index in [9.17, 15) is 9.59 Å². The second kappa shape index (κ2) is 8.15. The Labute approximate surface area is 143 Å². The maximum Gasteiger partial charge on any atom is 0.251 e. The number of nitrogens with one attached hydrogen (secondary N) is 2. The molecule has 0 spiro atoms. The van der Waals surface area contributed by atoms with Crippen molar-refractivity contribution in [3.8, 4) is 5.75 Å². The van der Waals surface area contributed by atoms with Crippen LogP contribution < -0.4 is 21.1 Å². The van der Waals surface area contributed by atoms with Gasteiger partial charge in [0, 0.05) is 18.2 Å². The van der Waals surface area contributed by atoms with Crippen molar-refractivity contribution in [1.82, 2.24) is 10.6 Å². The molecule has 1 saturated carbocycles. The summed E-state index contributed by atoms with van der Waals surface area (Å²) in [6.45, 7) is 4.24. The molecule has 0 aliphatic heterocycles. The highest BCUT2D eigenvalue weighted by atomic mass is 16.5. The lowest BCUT2D eigenvalue weighted by Gasteiger charge is -2.25. The predicted molar refractivity (Wildman–Crippen MR) is 92.8 cm³/mol. The second-order valence-electron chi connectivity index (χ2n) is 6.61. The zero-order valence-electron chi connectivity index (χ0n) is 14.5. The van der Waals surface area contributed by atoms with Crippen LogP contribution in [-0.4, -0.2) is 37.6 Å². The molecular weight excluding hydrogens is 306 g/mol. The average Bonchev–Trinajstić information content (AvgIpc) is 3.41. The SMILES string of the molecule is COc1ccc(C(=O)NC(C(=O)NC(CN)C2CC2)C(C)C)cc1. The number of methoxy groups -OCH3 is 1. The van der Waals surface area contributed by atoms with Gasteiger partial charge in [-0.3, -0.25) is 9.59 Å². The van der Waals surface area contributed by atoms with Crippen molar-refractivity contribution in [2.75, 3.05) is 13.7 Å². The molecule has 1 aliphatic rings. The smallest absolute Gasteiger partial charge is 0.251 e. The molecule has 1 fully saturated rings. The van der Waals surface area contributed by atoms with Crippen LogP contribution in [0.2, 0.25) is 0 Å². The Morgan fingerprint density at radius 1 is 1.21 bits per heavy atom. The van der Waals surface area contributed by atoms with Gasteiger partial charge in [0.1, 0.15) is 11.8 Å². The fourth-order valence-electron chi connectivity index (χ4n) is 2.64. The minimum atomic E-state index is -0.590. The molecule has 24 heavy (non-hydrogen) atoms. The summed E-state index contributed by atoms with van der Waals surface area (Å²) in [5, 5.41) is 5.81. The van der Waals surface area contributed by atoms with Crippen LogP contribution in [-0.2, 0) is 4.79 Å². The van der Waals surface area contributed by atoms with E-state index in [0.717, 1.165) is 12.8 Å². The Morgan fingerprint density at radius 3 is 2.29 bits per heavy atom. The largest absolute Gasteiger partial charge is 0.497 e. The van der Waals surface area contributed by atoms with Crippen LogP contribution in [0.3, 0.4) is 0 Å². The van der Waals surface area contributed by atoms with Crippen molar-refractivity contribution in [3.63, 3.8) is 0 Å². The van der Waals surface area contributed by atoms with E-state index in [1.807, 2.05) is 13.8 Å². The van der Waals surface area contributed by atoms with E-state index < -0.39 is 6.04 Å². The summed E-state index contributed by atoms with van der Waals surface area (Å²) >= 11 is 0. The van der Waals surface area contributed by atoms with Gasteiger partial charge in [-0.2, -0.15) is 0 Å². The average molecular weight is 333 g/mol. The summed E-state index contributed by atoms with van der Waals surface area (Å²) in [7, 11) is 1.57. The quantitative estimate of drug-likeness (QED) is 0.668. The molecule has 0 aromatic heterocycles. The van der Waals surface area contributed by atoms with E-state index in [1.165, 1.54) is 0 Å². The molecule has 1 aromatic carbocycles. The first kappa shape index (κ1) is 18.3. The number of ether oxygens (including phenoxy) is 1. The Kier molecular flexibility index (Phi) is 6.20. The van der Waals surface area contributed by atoms with Gasteiger partial charge < -0.3 is 21.1 Å². The summed E-state index contributed by atoms with van der Waals surface area (Å²) in [5.41, 5.74) is 6.24. The molecule has 2 amide bonds. The van der Waals surface area contributed by atoms with Gasteiger partial charge in [0.05, 0.1) is 7.11 Å². The van der Waals surface area contributed by atoms with E-state index in [4.69, 9.17) is 10.5 Å². The normalized spacial score (nSPS) is 16.4. The van der Waals surface area contributed by atoms with Crippen LogP contribution in [0.5, 0.6) is 5.75 Å². The number of carbonyl (C=O) groups is 2. The van der Waals surface area contributed by atoms with Gasteiger partial charge >= 0.3 is 0 Å². The van der Waals surface area contributed by atoms with Crippen molar-refractivity contribution in [3.05, 3.63) is 29.8 Å². The molecule has 0 saturated heterocycles. The molecule has 2 rings (SSSR count). The standard InChI is InChI=1S/C18H27N3O3/c1-11(2)16(18(23)20-15(10-19)12-4-5-12)21-17(22)13-6-8-14(24-3)9-7-13/h6-9,11-12,15-16H,4-5,10,19H2,1-3H3,(H,20,23)(H,21,22). The van der Waals surface area contributed by atoms with Crippen molar-refractivity contribution in [2.45, 2.75) is 38.8 Å². The van der Waals surface area contributed by atoms with Gasteiger partial charge in [-0.05, 0) is 48.9 Å². The molecule has 1 aromatic rings. The third-order valence-corrected chi connectivity index (χ3v) is 4.36. The van der Waals surface area contributed by atoms with Gasteiger partial charge in [0.2, 0.25) is 5.91 Å². The number of nitrogens with two attached hydrogens (primary N) is 1. The number of hydrogen-bond acceptors (Lipinski definition) is 4. The van der Waals surface area contributed by atoms with Crippen LogP contribution >= 0.6 is 0 Å². The number of amides is 2. The first-order chi connectivity index (χ1) is 11.5. The van der Waals surface area contributed by atoms with Crippen molar-refractivity contribution >= 4 is 11.8 Å². The lowest BCUT2D eigenvalue weighted by molar-refractivity contribution is -0.124. The highest BCUT2D eigenvalue weighted by Crippen LogP contribution is 2.32. The summed E-state index contributed by atoms with van der Waals surface area (Å²) in [4.78, 5) is 25.0. The zero-order chi connectivity index (χ0) is 17.7.